The van der Waals surface area contributed by atoms with Gasteiger partial charge in [0.2, 0.25) is 5.91 Å². The first-order chi connectivity index (χ1) is 14.5. The molecule has 156 valence electrons. The fourth-order valence-electron chi connectivity index (χ4n) is 3.73. The zero-order valence-corrected chi connectivity index (χ0v) is 19.0. The van der Waals surface area contributed by atoms with Crippen LogP contribution < -0.4 is 5.32 Å². The van der Waals surface area contributed by atoms with Crippen molar-refractivity contribution in [3.05, 3.63) is 58.3 Å². The monoisotopic (exact) mass is 488 g/mol. The van der Waals surface area contributed by atoms with E-state index in [4.69, 9.17) is 0 Å². The summed E-state index contributed by atoms with van der Waals surface area (Å²) in [5, 5.41) is 12.2. The third-order valence-corrected chi connectivity index (χ3v) is 6.80. The fourth-order valence-corrected chi connectivity index (χ4v) is 5.13. The zero-order chi connectivity index (χ0) is 21.1. The Bertz CT molecular complexity index is 1070. The van der Waals surface area contributed by atoms with E-state index in [0.29, 0.717) is 16.5 Å². The number of thioether (sulfide) groups is 1. The lowest BCUT2D eigenvalue weighted by Crippen LogP contribution is -2.15. The van der Waals surface area contributed by atoms with Crippen molar-refractivity contribution in [3.63, 3.8) is 0 Å². The number of halogens is 2. The zero-order valence-electron chi connectivity index (χ0n) is 16.6. The summed E-state index contributed by atoms with van der Waals surface area (Å²) in [6.45, 7) is 2.00. The second kappa shape index (κ2) is 9.31. The minimum absolute atomic E-state index is 0.127. The number of carbonyl (C=O) groups is 1. The summed E-state index contributed by atoms with van der Waals surface area (Å²) in [4.78, 5) is 12.5. The molecule has 0 atom stereocenters. The molecule has 0 unspecified atom stereocenters. The number of anilines is 1. The third-order valence-electron chi connectivity index (χ3n) is 5.20. The summed E-state index contributed by atoms with van der Waals surface area (Å²) >= 11 is 4.81. The molecule has 4 rings (SSSR count). The fraction of sp³-hybridized carbons (Fsp3) is 0.318. The van der Waals surface area contributed by atoms with Crippen LogP contribution in [0.1, 0.15) is 37.3 Å². The van der Waals surface area contributed by atoms with Crippen LogP contribution in [-0.2, 0) is 4.79 Å². The molecule has 1 aliphatic carbocycles. The standard InChI is InChI=1S/C22H22BrFN4OS/c1-14-10-11-19(17(23)12-14)25-20(29)13-30-22-27-26-21(16-8-4-5-9-18(16)24)28(22)15-6-2-3-7-15/h4-5,8-12,15H,2-3,6-7,13H2,1H3,(H,25,29). The highest BCUT2D eigenvalue weighted by Gasteiger charge is 2.26. The van der Waals surface area contributed by atoms with Gasteiger partial charge in [-0.2, -0.15) is 0 Å². The van der Waals surface area contributed by atoms with Crippen LogP contribution in [0, 0.1) is 12.7 Å². The second-order valence-corrected chi connectivity index (χ2v) is 9.21. The number of hydrogen-bond donors (Lipinski definition) is 1. The van der Waals surface area contributed by atoms with Crippen molar-refractivity contribution in [3.8, 4) is 11.4 Å². The Labute approximate surface area is 187 Å². The highest BCUT2D eigenvalue weighted by molar-refractivity contribution is 9.10. The number of aromatic nitrogens is 3. The average Bonchev–Trinajstić information content (AvgIpc) is 3.38. The molecule has 3 aromatic rings. The first-order valence-electron chi connectivity index (χ1n) is 9.91. The van der Waals surface area contributed by atoms with Crippen molar-refractivity contribution in [2.24, 2.45) is 0 Å². The molecule has 0 aliphatic heterocycles. The molecule has 1 heterocycles. The molecule has 0 radical (unpaired) electrons. The van der Waals surface area contributed by atoms with Crippen molar-refractivity contribution >= 4 is 39.3 Å². The molecule has 5 nitrogen and oxygen atoms in total. The summed E-state index contributed by atoms with van der Waals surface area (Å²) in [6.07, 6.45) is 4.28. The molecule has 1 N–H and O–H groups in total. The average molecular weight is 489 g/mol. The van der Waals surface area contributed by atoms with E-state index in [1.54, 1.807) is 18.2 Å². The lowest BCUT2D eigenvalue weighted by molar-refractivity contribution is -0.113. The van der Waals surface area contributed by atoms with Crippen molar-refractivity contribution in [2.75, 3.05) is 11.1 Å². The van der Waals surface area contributed by atoms with Crippen LogP contribution in [0.2, 0.25) is 0 Å². The van der Waals surface area contributed by atoms with Gasteiger partial charge in [-0.1, -0.05) is 42.8 Å². The predicted octanol–water partition coefficient (Wildman–Crippen LogP) is 6.00. The van der Waals surface area contributed by atoms with Crippen LogP contribution >= 0.6 is 27.7 Å². The molecule has 1 amide bonds. The van der Waals surface area contributed by atoms with Gasteiger partial charge in [0, 0.05) is 10.5 Å². The van der Waals surface area contributed by atoms with Crippen molar-refractivity contribution in [2.45, 2.75) is 43.8 Å². The van der Waals surface area contributed by atoms with Crippen LogP contribution in [0.4, 0.5) is 10.1 Å². The van der Waals surface area contributed by atoms with E-state index in [1.807, 2.05) is 29.7 Å². The van der Waals surface area contributed by atoms with Crippen LogP contribution in [0.15, 0.2) is 52.1 Å². The first-order valence-corrected chi connectivity index (χ1v) is 11.7. The Kier molecular flexibility index (Phi) is 6.53. The number of nitrogens with zero attached hydrogens (tertiary/aromatic N) is 3. The summed E-state index contributed by atoms with van der Waals surface area (Å²) in [6, 6.07) is 12.6. The number of rotatable bonds is 6. The second-order valence-electron chi connectivity index (χ2n) is 7.41. The summed E-state index contributed by atoms with van der Waals surface area (Å²) in [7, 11) is 0. The topological polar surface area (TPSA) is 59.8 Å². The highest BCUT2D eigenvalue weighted by Crippen LogP contribution is 2.37. The molecule has 0 saturated heterocycles. The molecular formula is C22H22BrFN4OS. The van der Waals surface area contributed by atoms with Gasteiger partial charge in [-0.15, -0.1) is 10.2 Å². The molecule has 1 aliphatic rings. The van der Waals surface area contributed by atoms with Gasteiger partial charge in [0.1, 0.15) is 5.82 Å². The van der Waals surface area contributed by atoms with E-state index in [1.165, 1.54) is 17.8 Å². The Balaban J connectivity index is 1.54. The highest BCUT2D eigenvalue weighted by atomic mass is 79.9. The number of hydrogen-bond acceptors (Lipinski definition) is 4. The molecule has 0 bridgehead atoms. The number of amides is 1. The normalized spacial score (nSPS) is 14.2. The number of aryl methyl sites for hydroxylation is 1. The Morgan fingerprint density at radius 1 is 1.23 bits per heavy atom. The minimum Gasteiger partial charge on any atom is -0.324 e. The molecule has 30 heavy (non-hydrogen) atoms. The van der Waals surface area contributed by atoms with Gasteiger partial charge < -0.3 is 5.32 Å². The van der Waals surface area contributed by atoms with E-state index in [9.17, 15) is 9.18 Å². The molecule has 1 fully saturated rings. The molecule has 1 saturated carbocycles. The van der Waals surface area contributed by atoms with Crippen molar-refractivity contribution in [1.82, 2.24) is 14.8 Å². The molecule has 0 spiro atoms. The van der Waals surface area contributed by atoms with Crippen molar-refractivity contribution < 1.29 is 9.18 Å². The summed E-state index contributed by atoms with van der Waals surface area (Å²) < 4.78 is 17.3. The SMILES string of the molecule is Cc1ccc(NC(=O)CSc2nnc(-c3ccccc3F)n2C2CCCC2)c(Br)c1. The van der Waals surface area contributed by atoms with Gasteiger partial charge in [-0.25, -0.2) is 4.39 Å². The molecule has 2 aromatic carbocycles. The van der Waals surface area contributed by atoms with Crippen LogP contribution in [0.25, 0.3) is 11.4 Å². The van der Waals surface area contributed by atoms with E-state index >= 15 is 0 Å². The Morgan fingerprint density at radius 2 is 2.00 bits per heavy atom. The van der Waals surface area contributed by atoms with E-state index in [-0.39, 0.29) is 23.5 Å². The van der Waals surface area contributed by atoms with Gasteiger partial charge in [0.25, 0.3) is 0 Å². The first kappa shape index (κ1) is 21.1. The lowest BCUT2D eigenvalue weighted by atomic mass is 10.1. The number of nitrogens with one attached hydrogen (secondary N) is 1. The minimum atomic E-state index is -0.317. The van der Waals surface area contributed by atoms with Gasteiger partial charge in [-0.05, 0) is 65.5 Å². The van der Waals surface area contributed by atoms with Gasteiger partial charge in [0.05, 0.1) is 17.0 Å². The Morgan fingerprint density at radius 3 is 2.73 bits per heavy atom. The quantitative estimate of drug-likeness (QED) is 0.432. The smallest absolute Gasteiger partial charge is 0.234 e. The van der Waals surface area contributed by atoms with Gasteiger partial charge in [0.15, 0.2) is 11.0 Å². The maximum atomic E-state index is 14.4. The van der Waals surface area contributed by atoms with Crippen LogP contribution in [0.3, 0.4) is 0 Å². The number of carbonyl (C=O) groups excluding carboxylic acids is 1. The van der Waals surface area contributed by atoms with Gasteiger partial charge in [-0.3, -0.25) is 9.36 Å². The maximum absolute atomic E-state index is 14.4. The lowest BCUT2D eigenvalue weighted by Gasteiger charge is -2.17. The number of benzene rings is 2. The largest absolute Gasteiger partial charge is 0.324 e. The van der Waals surface area contributed by atoms with E-state index in [2.05, 4.69) is 31.4 Å². The van der Waals surface area contributed by atoms with Gasteiger partial charge >= 0.3 is 0 Å². The predicted molar refractivity (Wildman–Crippen MR) is 121 cm³/mol. The van der Waals surface area contributed by atoms with Crippen LogP contribution in [0.5, 0.6) is 0 Å². The molecule has 8 heteroatoms. The Hall–Kier alpha value is -2.19. The molecule has 1 aromatic heterocycles. The van der Waals surface area contributed by atoms with E-state index in [0.717, 1.165) is 41.4 Å². The summed E-state index contributed by atoms with van der Waals surface area (Å²) in [5.74, 6) is 0.285. The summed E-state index contributed by atoms with van der Waals surface area (Å²) in [5.41, 5.74) is 2.28. The maximum Gasteiger partial charge on any atom is 0.234 e. The van der Waals surface area contributed by atoms with Crippen molar-refractivity contribution in [1.29, 1.82) is 0 Å². The third kappa shape index (κ3) is 4.59. The molecular weight excluding hydrogens is 467 g/mol. The van der Waals surface area contributed by atoms with Crippen LogP contribution in [-0.4, -0.2) is 26.4 Å². The van der Waals surface area contributed by atoms with E-state index < -0.39 is 0 Å².